The molecule has 1 aromatic rings. The fourth-order valence-corrected chi connectivity index (χ4v) is 1.48. The van der Waals surface area contributed by atoms with Gasteiger partial charge in [-0.3, -0.25) is 0 Å². The predicted molar refractivity (Wildman–Crippen MR) is 47.9 cm³/mol. The van der Waals surface area contributed by atoms with Crippen LogP contribution in [0.2, 0.25) is 5.02 Å². The topological polar surface area (TPSA) is 12.0 Å². The molecule has 0 radical (unpaired) electrons. The van der Waals surface area contributed by atoms with Crippen molar-refractivity contribution < 1.29 is 0 Å². The summed E-state index contributed by atoms with van der Waals surface area (Å²) < 4.78 is 0. The number of rotatable bonds is 0. The number of nitrogens with one attached hydrogen (secondary N) is 1. The largest absolute Gasteiger partial charge is 0.362 e. The molecule has 0 amide bonds. The minimum absolute atomic E-state index is 0.847. The van der Waals surface area contributed by atoms with Crippen molar-refractivity contribution in [2.24, 2.45) is 0 Å². The van der Waals surface area contributed by atoms with Crippen LogP contribution in [0.1, 0.15) is 5.56 Å². The highest BCUT2D eigenvalue weighted by atomic mass is 35.5. The SMILES string of the molecule is Clc1cccc2c1CC=CN2. The van der Waals surface area contributed by atoms with Crippen molar-refractivity contribution in [1.29, 1.82) is 0 Å². The molecule has 2 rings (SSSR count). The molecular formula is C9H8ClN. The lowest BCUT2D eigenvalue weighted by Gasteiger charge is -2.13. The van der Waals surface area contributed by atoms with Crippen molar-refractivity contribution in [3.8, 4) is 0 Å². The van der Waals surface area contributed by atoms with Gasteiger partial charge in [-0.2, -0.15) is 0 Å². The van der Waals surface area contributed by atoms with E-state index in [0.717, 1.165) is 17.1 Å². The zero-order valence-electron chi connectivity index (χ0n) is 5.97. The van der Waals surface area contributed by atoms with E-state index in [4.69, 9.17) is 11.6 Å². The quantitative estimate of drug-likeness (QED) is 0.624. The lowest BCUT2D eigenvalue weighted by Crippen LogP contribution is -1.99. The zero-order chi connectivity index (χ0) is 7.68. The standard InChI is InChI=1S/C9H8ClN/c10-8-4-1-5-9-7(8)3-2-6-11-9/h1-2,4-6,11H,3H2. The third kappa shape index (κ3) is 1.12. The van der Waals surface area contributed by atoms with Crippen LogP contribution in [0.25, 0.3) is 0 Å². The third-order valence-corrected chi connectivity index (χ3v) is 2.15. The normalized spacial score (nSPS) is 13.9. The maximum atomic E-state index is 5.97. The van der Waals surface area contributed by atoms with Crippen LogP contribution in [0.5, 0.6) is 0 Å². The van der Waals surface area contributed by atoms with Crippen molar-refractivity contribution in [3.63, 3.8) is 0 Å². The highest BCUT2D eigenvalue weighted by Gasteiger charge is 2.06. The number of hydrogen-bond donors (Lipinski definition) is 1. The van der Waals surface area contributed by atoms with Crippen LogP contribution in [-0.4, -0.2) is 0 Å². The van der Waals surface area contributed by atoms with Gasteiger partial charge in [0.1, 0.15) is 0 Å². The smallest absolute Gasteiger partial charge is 0.0461 e. The second-order valence-electron chi connectivity index (χ2n) is 2.52. The fourth-order valence-electron chi connectivity index (χ4n) is 1.23. The number of anilines is 1. The molecule has 0 saturated heterocycles. The van der Waals surface area contributed by atoms with Gasteiger partial charge in [-0.1, -0.05) is 23.7 Å². The highest BCUT2D eigenvalue weighted by molar-refractivity contribution is 6.31. The summed E-state index contributed by atoms with van der Waals surface area (Å²) in [6.07, 6.45) is 4.94. The van der Waals surface area contributed by atoms with Crippen LogP contribution >= 0.6 is 11.6 Å². The number of halogens is 1. The summed E-state index contributed by atoms with van der Waals surface area (Å²) in [6.45, 7) is 0. The maximum absolute atomic E-state index is 5.97. The lowest BCUT2D eigenvalue weighted by atomic mass is 10.1. The summed E-state index contributed by atoms with van der Waals surface area (Å²) >= 11 is 5.97. The summed E-state index contributed by atoms with van der Waals surface area (Å²) in [5, 5.41) is 3.99. The van der Waals surface area contributed by atoms with Crippen molar-refractivity contribution in [2.75, 3.05) is 5.32 Å². The molecule has 1 aliphatic heterocycles. The monoisotopic (exact) mass is 165 g/mol. The molecule has 1 nitrogen and oxygen atoms in total. The Morgan fingerprint density at radius 3 is 3.09 bits per heavy atom. The van der Waals surface area contributed by atoms with Gasteiger partial charge in [0.15, 0.2) is 0 Å². The molecule has 0 aliphatic carbocycles. The summed E-state index contributed by atoms with van der Waals surface area (Å²) in [5.41, 5.74) is 2.32. The van der Waals surface area contributed by atoms with E-state index in [2.05, 4.69) is 11.4 Å². The molecule has 0 unspecified atom stereocenters. The molecule has 0 fully saturated rings. The molecule has 0 saturated carbocycles. The Labute approximate surface area is 70.7 Å². The van der Waals surface area contributed by atoms with Crippen molar-refractivity contribution in [3.05, 3.63) is 41.1 Å². The molecule has 1 N–H and O–H groups in total. The average Bonchev–Trinajstić information content (AvgIpc) is 2.06. The zero-order valence-corrected chi connectivity index (χ0v) is 6.73. The molecule has 1 aliphatic rings. The van der Waals surface area contributed by atoms with Gasteiger partial charge < -0.3 is 5.32 Å². The molecule has 1 heterocycles. The molecule has 0 spiro atoms. The second-order valence-corrected chi connectivity index (χ2v) is 2.92. The van der Waals surface area contributed by atoms with E-state index in [0.29, 0.717) is 0 Å². The number of hydrogen-bond acceptors (Lipinski definition) is 1. The fraction of sp³-hybridized carbons (Fsp3) is 0.111. The van der Waals surface area contributed by atoms with Crippen LogP contribution in [-0.2, 0) is 6.42 Å². The first-order valence-electron chi connectivity index (χ1n) is 3.57. The summed E-state index contributed by atoms with van der Waals surface area (Å²) in [7, 11) is 0. The van der Waals surface area contributed by atoms with Crippen LogP contribution in [0.4, 0.5) is 5.69 Å². The van der Waals surface area contributed by atoms with E-state index in [1.165, 1.54) is 5.56 Å². The Bertz CT molecular complexity index is 304. The van der Waals surface area contributed by atoms with E-state index in [1.807, 2.05) is 24.4 Å². The Balaban J connectivity index is 2.54. The Hall–Kier alpha value is -0.950. The van der Waals surface area contributed by atoms with Crippen LogP contribution in [0, 0.1) is 0 Å². The number of benzene rings is 1. The van der Waals surface area contributed by atoms with Gasteiger partial charge in [0, 0.05) is 10.7 Å². The molecule has 0 bridgehead atoms. The Morgan fingerprint density at radius 1 is 1.36 bits per heavy atom. The molecule has 0 aromatic heterocycles. The molecule has 0 atom stereocenters. The number of allylic oxidation sites excluding steroid dienone is 1. The van der Waals surface area contributed by atoms with E-state index in [9.17, 15) is 0 Å². The first kappa shape index (κ1) is 6.74. The highest BCUT2D eigenvalue weighted by Crippen LogP contribution is 2.27. The van der Waals surface area contributed by atoms with Crippen LogP contribution in [0.15, 0.2) is 30.5 Å². The van der Waals surface area contributed by atoms with Crippen molar-refractivity contribution in [2.45, 2.75) is 6.42 Å². The first-order chi connectivity index (χ1) is 5.38. The minimum Gasteiger partial charge on any atom is -0.362 e. The lowest BCUT2D eigenvalue weighted by molar-refractivity contribution is 1.22. The predicted octanol–water partition coefficient (Wildman–Crippen LogP) is 2.82. The average molecular weight is 166 g/mol. The van der Waals surface area contributed by atoms with Gasteiger partial charge >= 0.3 is 0 Å². The molecule has 2 heteroatoms. The Kier molecular flexibility index (Phi) is 1.59. The van der Waals surface area contributed by atoms with Crippen LogP contribution < -0.4 is 5.32 Å². The van der Waals surface area contributed by atoms with E-state index in [-0.39, 0.29) is 0 Å². The first-order valence-corrected chi connectivity index (χ1v) is 3.94. The van der Waals surface area contributed by atoms with Gasteiger partial charge in [-0.15, -0.1) is 0 Å². The maximum Gasteiger partial charge on any atom is 0.0461 e. The second kappa shape index (κ2) is 2.59. The van der Waals surface area contributed by atoms with Gasteiger partial charge in [-0.25, -0.2) is 0 Å². The van der Waals surface area contributed by atoms with Gasteiger partial charge in [0.05, 0.1) is 0 Å². The molecule has 11 heavy (non-hydrogen) atoms. The van der Waals surface area contributed by atoms with Gasteiger partial charge in [0.2, 0.25) is 0 Å². The van der Waals surface area contributed by atoms with Gasteiger partial charge in [-0.05, 0) is 30.3 Å². The molecule has 1 aromatic carbocycles. The molecule has 56 valence electrons. The van der Waals surface area contributed by atoms with E-state index in [1.54, 1.807) is 0 Å². The summed E-state index contributed by atoms with van der Waals surface area (Å²) in [6, 6.07) is 5.90. The number of fused-ring (bicyclic) bond motifs is 1. The van der Waals surface area contributed by atoms with Gasteiger partial charge in [0.25, 0.3) is 0 Å². The summed E-state index contributed by atoms with van der Waals surface area (Å²) in [5.74, 6) is 0. The van der Waals surface area contributed by atoms with E-state index >= 15 is 0 Å². The Morgan fingerprint density at radius 2 is 2.27 bits per heavy atom. The molecular weight excluding hydrogens is 158 g/mol. The van der Waals surface area contributed by atoms with Crippen LogP contribution in [0.3, 0.4) is 0 Å². The van der Waals surface area contributed by atoms with E-state index < -0.39 is 0 Å². The van der Waals surface area contributed by atoms with Crippen molar-refractivity contribution in [1.82, 2.24) is 0 Å². The summed E-state index contributed by atoms with van der Waals surface area (Å²) in [4.78, 5) is 0. The third-order valence-electron chi connectivity index (χ3n) is 1.80. The minimum atomic E-state index is 0.847. The van der Waals surface area contributed by atoms with Crippen molar-refractivity contribution >= 4 is 17.3 Å².